The van der Waals surface area contributed by atoms with Crippen molar-refractivity contribution >= 4 is 19.7 Å². The Bertz CT molecular complexity index is 1880. The van der Waals surface area contributed by atoms with Gasteiger partial charge in [0.15, 0.2) is 0 Å². The Kier molecular flexibility index (Phi) is 58.4. The summed E-state index contributed by atoms with van der Waals surface area (Å²) < 4.78 is 30.7. The topological polar surface area (TPSA) is 111 Å². The van der Waals surface area contributed by atoms with E-state index in [2.05, 4.69) is 148 Å². The Morgan fingerprint density at radius 3 is 1.16 bits per heavy atom. The summed E-state index contributed by atoms with van der Waals surface area (Å²) in [5.74, 6) is -0.541. The molecule has 0 bridgehead atoms. The van der Waals surface area contributed by atoms with Crippen LogP contribution in [0.3, 0.4) is 0 Å². The predicted molar refractivity (Wildman–Crippen MR) is 359 cm³/mol. The van der Waals surface area contributed by atoms with Crippen molar-refractivity contribution in [3.8, 4) is 0 Å². The fraction of sp³-hybridized carbons (Fsp3) is 0.671. The molecule has 0 aliphatic rings. The Morgan fingerprint density at radius 2 is 0.771 bits per heavy atom. The molecule has 0 aromatic heterocycles. The van der Waals surface area contributed by atoms with Crippen LogP contribution >= 0.6 is 7.82 Å². The highest BCUT2D eigenvalue weighted by atomic mass is 31.2. The minimum Gasteiger partial charge on any atom is -0.456 e. The van der Waals surface area contributed by atoms with Crippen LogP contribution in [-0.4, -0.2) is 74.3 Å². The molecule has 0 fully saturated rings. The first kappa shape index (κ1) is 79.2. The minimum absolute atomic E-state index is 0.0279. The number of amides is 1. The first-order valence-corrected chi connectivity index (χ1v) is 35.0. The zero-order valence-electron chi connectivity index (χ0n) is 54.1. The number of nitrogens with zero attached hydrogens (tertiary/aromatic N) is 1. The van der Waals surface area contributed by atoms with Crippen LogP contribution in [0, 0.1) is 0 Å². The number of allylic oxidation sites excluding steroid dienone is 21. The monoisotopic (exact) mass is 1170 g/mol. The molecule has 0 aromatic carbocycles. The van der Waals surface area contributed by atoms with Crippen molar-refractivity contribution in [2.75, 3.05) is 40.9 Å². The van der Waals surface area contributed by atoms with E-state index in [-0.39, 0.29) is 31.5 Å². The van der Waals surface area contributed by atoms with Crippen molar-refractivity contribution in [2.24, 2.45) is 0 Å². The molecular weight excluding hydrogens is 1050 g/mol. The molecule has 10 heteroatoms. The molecule has 0 aliphatic carbocycles. The lowest BCUT2D eigenvalue weighted by Gasteiger charge is -2.27. The average molecular weight is 1170 g/mol. The highest BCUT2D eigenvalue weighted by molar-refractivity contribution is 7.47. The van der Waals surface area contributed by atoms with Crippen molar-refractivity contribution in [1.82, 2.24) is 5.32 Å². The van der Waals surface area contributed by atoms with Gasteiger partial charge in [-0.1, -0.05) is 264 Å². The predicted octanol–water partition coefficient (Wildman–Crippen LogP) is 21.2. The third-order valence-electron chi connectivity index (χ3n) is 14.1. The lowest BCUT2D eigenvalue weighted by atomic mass is 10.1. The van der Waals surface area contributed by atoms with Crippen LogP contribution in [0.2, 0.25) is 0 Å². The van der Waals surface area contributed by atoms with Crippen LogP contribution in [-0.2, 0) is 27.9 Å². The second kappa shape index (κ2) is 61.2. The molecule has 0 radical (unpaired) electrons. The maximum Gasteiger partial charge on any atom is 0.472 e. The van der Waals surface area contributed by atoms with Gasteiger partial charge in [-0.05, 0) is 122 Å². The standard InChI is InChI=1S/C73H125N2O7P/c1-7-10-13-16-19-22-25-27-29-31-33-35-36-37-38-40-42-44-46-48-51-54-57-60-63-66-73(77)82-71(64-61-58-55-52-49-24-21-18-15-12-9-3)70(69-81-83(78,79)80-68-67-75(4,5)6)74-72(76)65-62-59-56-53-50-47-45-43-41-39-34-32-30-28-26-23-20-17-14-11-8-2/h10-11,13-14,19-20,22-23,27-30,33-35,37-39,43,45,61,64,70-71H,7-9,12,15-18,21,24-26,31-32,36,40-42,44,46-60,62-63,65-69H2,1-6H3,(H-,74,76,78,79)/p+1/b13-10-,14-11-,22-19-,23-20-,29-27-,30-28-,35-33-,38-37-,39-34-,45-43-,64-61+. The zero-order valence-corrected chi connectivity index (χ0v) is 55.0. The lowest BCUT2D eigenvalue weighted by molar-refractivity contribution is -0.870. The number of likely N-dealkylation sites (N-methyl/N-ethyl adjacent to an activating group) is 1. The average Bonchev–Trinajstić information content (AvgIpc) is 3.51. The summed E-state index contributed by atoms with van der Waals surface area (Å²) in [5.41, 5.74) is 0. The van der Waals surface area contributed by atoms with E-state index in [9.17, 15) is 19.0 Å². The molecule has 1 amide bonds. The second-order valence-corrected chi connectivity index (χ2v) is 24.7. The quantitative estimate of drug-likeness (QED) is 0.0205. The van der Waals surface area contributed by atoms with Crippen molar-refractivity contribution < 1.29 is 37.3 Å². The largest absolute Gasteiger partial charge is 0.472 e. The van der Waals surface area contributed by atoms with Crippen molar-refractivity contribution in [3.63, 3.8) is 0 Å². The number of rotatable bonds is 59. The van der Waals surface area contributed by atoms with Crippen LogP contribution < -0.4 is 5.32 Å². The van der Waals surface area contributed by atoms with Gasteiger partial charge in [0.2, 0.25) is 5.91 Å². The van der Waals surface area contributed by atoms with Gasteiger partial charge in [-0.15, -0.1) is 0 Å². The summed E-state index contributed by atoms with van der Waals surface area (Å²) in [6.45, 7) is 6.75. The Morgan fingerprint density at radius 1 is 0.434 bits per heavy atom. The van der Waals surface area contributed by atoms with Gasteiger partial charge in [0.05, 0.1) is 33.8 Å². The Labute approximate surface area is 511 Å². The zero-order chi connectivity index (χ0) is 60.7. The fourth-order valence-corrected chi connectivity index (χ4v) is 9.73. The van der Waals surface area contributed by atoms with Gasteiger partial charge in [0, 0.05) is 12.8 Å². The molecule has 0 rings (SSSR count). The lowest BCUT2D eigenvalue weighted by Crippen LogP contribution is -2.47. The van der Waals surface area contributed by atoms with Gasteiger partial charge in [-0.3, -0.25) is 18.6 Å². The fourth-order valence-electron chi connectivity index (χ4n) is 8.99. The molecule has 0 spiro atoms. The second-order valence-electron chi connectivity index (χ2n) is 23.2. The third kappa shape index (κ3) is 62.5. The van der Waals surface area contributed by atoms with Gasteiger partial charge in [0.25, 0.3) is 0 Å². The van der Waals surface area contributed by atoms with Crippen molar-refractivity contribution in [3.05, 3.63) is 134 Å². The number of unbranched alkanes of at least 4 members (excludes halogenated alkanes) is 23. The van der Waals surface area contributed by atoms with Crippen molar-refractivity contribution in [2.45, 2.75) is 277 Å². The molecule has 0 saturated heterocycles. The van der Waals surface area contributed by atoms with E-state index in [1.54, 1.807) is 0 Å². The van der Waals surface area contributed by atoms with Crippen LogP contribution in [0.4, 0.5) is 0 Å². The number of carbonyl (C=O) groups excluding carboxylic acids is 2. The molecular formula is C73H126N2O7P+. The molecule has 474 valence electrons. The van der Waals surface area contributed by atoms with E-state index in [1.165, 1.54) is 77.0 Å². The van der Waals surface area contributed by atoms with E-state index < -0.39 is 20.0 Å². The van der Waals surface area contributed by atoms with E-state index in [0.717, 1.165) is 154 Å². The number of nitrogens with one attached hydrogen (secondary N) is 1. The molecule has 83 heavy (non-hydrogen) atoms. The molecule has 3 unspecified atom stereocenters. The van der Waals surface area contributed by atoms with E-state index in [4.69, 9.17) is 13.8 Å². The molecule has 9 nitrogen and oxygen atoms in total. The number of esters is 1. The molecule has 0 heterocycles. The van der Waals surface area contributed by atoms with Gasteiger partial charge in [0.1, 0.15) is 19.3 Å². The molecule has 3 atom stereocenters. The summed E-state index contributed by atoms with van der Waals surface area (Å²) in [6, 6.07) is -0.871. The van der Waals surface area contributed by atoms with Crippen LogP contribution in [0.5, 0.6) is 0 Å². The number of phosphoric ester groups is 1. The Balaban J connectivity index is 5.16. The van der Waals surface area contributed by atoms with E-state index >= 15 is 0 Å². The first-order chi connectivity index (χ1) is 40.4. The summed E-state index contributed by atoms with van der Waals surface area (Å²) in [7, 11) is 1.46. The molecule has 0 aromatic rings. The van der Waals surface area contributed by atoms with Gasteiger partial charge in [-0.2, -0.15) is 0 Å². The summed E-state index contributed by atoms with van der Waals surface area (Å²) >= 11 is 0. The normalized spacial score (nSPS) is 14.4. The summed E-state index contributed by atoms with van der Waals surface area (Å²) in [6.07, 6.45) is 87.4. The van der Waals surface area contributed by atoms with Gasteiger partial charge in [-0.25, -0.2) is 4.57 Å². The SMILES string of the molecule is CC/C=C\C/C=C\C/C=C\C/C=C\C/C=C\CCCCCCCCCCCC(=O)OC(/C=C/CCCCCCCCCCC)C(COP(=O)(O)OCC[N+](C)(C)C)NC(=O)CCCCCCC/C=C\C/C=C\C/C=C\C/C=C\C/C=C\CC. The maximum absolute atomic E-state index is 13.6. The van der Waals surface area contributed by atoms with E-state index in [1.807, 2.05) is 33.3 Å². The maximum atomic E-state index is 13.6. The third-order valence-corrected chi connectivity index (χ3v) is 15.1. The summed E-state index contributed by atoms with van der Waals surface area (Å²) in [4.78, 5) is 37.8. The highest BCUT2D eigenvalue weighted by Gasteiger charge is 2.30. The summed E-state index contributed by atoms with van der Waals surface area (Å²) in [5, 5.41) is 3.05. The first-order valence-electron chi connectivity index (χ1n) is 33.5. The number of hydrogen-bond acceptors (Lipinski definition) is 6. The number of quaternary nitrogens is 1. The highest BCUT2D eigenvalue weighted by Crippen LogP contribution is 2.43. The molecule has 2 N–H and O–H groups in total. The van der Waals surface area contributed by atoms with Gasteiger partial charge < -0.3 is 19.4 Å². The number of hydrogen-bond donors (Lipinski definition) is 2. The van der Waals surface area contributed by atoms with Crippen LogP contribution in [0.25, 0.3) is 0 Å². The molecule has 0 aliphatic heterocycles. The smallest absolute Gasteiger partial charge is 0.456 e. The number of carbonyl (C=O) groups is 2. The van der Waals surface area contributed by atoms with Gasteiger partial charge >= 0.3 is 13.8 Å². The Hall–Kier alpha value is -3.85. The number of phosphoric acid groups is 1. The molecule has 0 saturated carbocycles. The number of ether oxygens (including phenoxy) is 1. The van der Waals surface area contributed by atoms with Crippen molar-refractivity contribution in [1.29, 1.82) is 0 Å². The minimum atomic E-state index is -4.47. The van der Waals surface area contributed by atoms with Crippen LogP contribution in [0.15, 0.2) is 134 Å². The van der Waals surface area contributed by atoms with E-state index in [0.29, 0.717) is 17.4 Å². The van der Waals surface area contributed by atoms with Crippen LogP contribution in [0.1, 0.15) is 265 Å².